The van der Waals surface area contributed by atoms with Gasteiger partial charge in [0.2, 0.25) is 0 Å². The molecule has 0 radical (unpaired) electrons. The molecule has 1 saturated carbocycles. The number of pyridine rings is 1. The third kappa shape index (κ3) is 3.98. The minimum absolute atomic E-state index is 0.235. The van der Waals surface area contributed by atoms with Crippen molar-refractivity contribution in [3.63, 3.8) is 0 Å². The first-order valence-corrected chi connectivity index (χ1v) is 10.7. The highest BCUT2D eigenvalue weighted by atomic mass is 16.3. The maximum atomic E-state index is 10.1. The molecule has 3 heterocycles. The first-order chi connectivity index (χ1) is 15.1. The van der Waals surface area contributed by atoms with Crippen molar-refractivity contribution in [2.45, 2.75) is 37.8 Å². The van der Waals surface area contributed by atoms with Crippen molar-refractivity contribution >= 4 is 28.4 Å². The van der Waals surface area contributed by atoms with Crippen LogP contribution in [0.1, 0.15) is 25.7 Å². The van der Waals surface area contributed by atoms with Crippen LogP contribution in [0.3, 0.4) is 0 Å². The third-order valence-electron chi connectivity index (χ3n) is 5.92. The summed E-state index contributed by atoms with van der Waals surface area (Å²) in [6.45, 7) is 0. The van der Waals surface area contributed by atoms with Crippen LogP contribution >= 0.6 is 0 Å². The molecule has 4 aromatic rings. The highest BCUT2D eigenvalue weighted by Gasteiger charge is 2.21. The second-order valence-electron chi connectivity index (χ2n) is 8.25. The number of hydrogen-bond acceptors (Lipinski definition) is 6. The molecule has 1 aliphatic carbocycles. The Bertz CT molecular complexity index is 1200. The molecule has 1 fully saturated rings. The highest BCUT2D eigenvalue weighted by Crippen LogP contribution is 2.30. The first-order valence-electron chi connectivity index (χ1n) is 10.7. The van der Waals surface area contributed by atoms with Crippen LogP contribution in [0.4, 0.5) is 17.3 Å². The minimum Gasteiger partial charge on any atom is -0.393 e. The number of aromatic nitrogens is 5. The van der Waals surface area contributed by atoms with Gasteiger partial charge in [-0.1, -0.05) is 30.3 Å². The smallest absolute Gasteiger partial charge is 0.161 e. The predicted octanol–water partition coefficient (Wildman–Crippen LogP) is 3.83. The first kappa shape index (κ1) is 19.6. The topological polar surface area (TPSA) is 92.8 Å². The van der Waals surface area contributed by atoms with Gasteiger partial charge in [0, 0.05) is 37.8 Å². The molecule has 0 saturated heterocycles. The molecule has 2 unspecified atom stereocenters. The Morgan fingerprint density at radius 2 is 1.90 bits per heavy atom. The van der Waals surface area contributed by atoms with E-state index in [-0.39, 0.29) is 12.1 Å². The van der Waals surface area contributed by atoms with E-state index >= 15 is 0 Å². The molecule has 8 nitrogen and oxygen atoms in total. The normalized spacial score (nSPS) is 18.9. The summed E-state index contributed by atoms with van der Waals surface area (Å²) in [6, 6.07) is 14.4. The lowest BCUT2D eigenvalue weighted by molar-refractivity contribution is 0.124. The van der Waals surface area contributed by atoms with Crippen molar-refractivity contribution in [1.82, 2.24) is 24.5 Å². The van der Waals surface area contributed by atoms with E-state index in [0.717, 1.165) is 65.3 Å². The molecule has 160 valence electrons. The van der Waals surface area contributed by atoms with E-state index in [9.17, 15) is 5.11 Å². The molecule has 0 bridgehead atoms. The number of nitrogens with one attached hydrogen (secondary N) is 2. The van der Waals surface area contributed by atoms with E-state index in [0.29, 0.717) is 0 Å². The van der Waals surface area contributed by atoms with E-state index in [2.05, 4.69) is 20.8 Å². The number of aliphatic hydroxyl groups is 1. The number of anilines is 3. The lowest BCUT2D eigenvalue weighted by Crippen LogP contribution is -2.29. The van der Waals surface area contributed by atoms with Crippen molar-refractivity contribution in [1.29, 1.82) is 0 Å². The van der Waals surface area contributed by atoms with Crippen LogP contribution < -0.4 is 10.6 Å². The zero-order valence-electron chi connectivity index (χ0n) is 17.8. The van der Waals surface area contributed by atoms with Gasteiger partial charge in [-0.05, 0) is 25.7 Å². The van der Waals surface area contributed by atoms with Gasteiger partial charge in [-0.2, -0.15) is 10.2 Å². The molecule has 3 N–H and O–H groups in total. The number of nitrogens with zero attached hydrogens (tertiary/aromatic N) is 5. The molecule has 1 aliphatic rings. The fourth-order valence-electron chi connectivity index (χ4n) is 4.28. The fourth-order valence-corrected chi connectivity index (χ4v) is 4.28. The molecular weight excluding hydrogens is 390 g/mol. The van der Waals surface area contributed by atoms with Gasteiger partial charge in [0.1, 0.15) is 11.6 Å². The minimum atomic E-state index is -0.235. The SMILES string of the molecule is Cn1nc(-c2ccccc2)cc1Nc1cc(NC2CCCC(O)C2)c2cnn(C)c2n1. The summed E-state index contributed by atoms with van der Waals surface area (Å²) in [5.74, 6) is 1.57. The summed E-state index contributed by atoms with van der Waals surface area (Å²) in [7, 11) is 3.81. The largest absolute Gasteiger partial charge is 0.393 e. The molecule has 0 spiro atoms. The van der Waals surface area contributed by atoms with E-state index in [4.69, 9.17) is 4.98 Å². The summed E-state index contributed by atoms with van der Waals surface area (Å²) < 4.78 is 3.60. The van der Waals surface area contributed by atoms with E-state index in [1.807, 2.05) is 67.4 Å². The van der Waals surface area contributed by atoms with E-state index in [1.165, 1.54) is 0 Å². The molecule has 2 atom stereocenters. The van der Waals surface area contributed by atoms with E-state index < -0.39 is 0 Å². The Labute approximate surface area is 180 Å². The van der Waals surface area contributed by atoms with Crippen molar-refractivity contribution in [3.8, 4) is 11.3 Å². The number of aliphatic hydroxyl groups excluding tert-OH is 1. The second-order valence-corrected chi connectivity index (χ2v) is 8.25. The van der Waals surface area contributed by atoms with Gasteiger partial charge in [0.25, 0.3) is 0 Å². The maximum Gasteiger partial charge on any atom is 0.161 e. The Morgan fingerprint density at radius 1 is 1.06 bits per heavy atom. The molecule has 0 aliphatic heterocycles. The zero-order valence-corrected chi connectivity index (χ0v) is 17.8. The van der Waals surface area contributed by atoms with Crippen LogP contribution in [0.5, 0.6) is 0 Å². The lowest BCUT2D eigenvalue weighted by Gasteiger charge is -2.27. The second kappa shape index (κ2) is 8.03. The average Bonchev–Trinajstić information content (AvgIpc) is 3.32. The maximum absolute atomic E-state index is 10.1. The van der Waals surface area contributed by atoms with Crippen molar-refractivity contribution in [2.24, 2.45) is 14.1 Å². The molecule has 3 aromatic heterocycles. The Balaban J connectivity index is 1.46. The number of fused-ring (bicyclic) bond motifs is 1. The quantitative estimate of drug-likeness (QED) is 0.457. The number of benzene rings is 1. The average molecular weight is 418 g/mol. The summed E-state index contributed by atoms with van der Waals surface area (Å²) in [4.78, 5) is 4.78. The summed E-state index contributed by atoms with van der Waals surface area (Å²) in [5.41, 5.74) is 3.75. The fraction of sp³-hybridized carbons (Fsp3) is 0.348. The predicted molar refractivity (Wildman–Crippen MR) is 122 cm³/mol. The van der Waals surface area contributed by atoms with Gasteiger partial charge in [0.05, 0.1) is 29.1 Å². The monoisotopic (exact) mass is 417 g/mol. The molecule has 8 heteroatoms. The van der Waals surface area contributed by atoms with Gasteiger partial charge < -0.3 is 15.7 Å². The van der Waals surface area contributed by atoms with Gasteiger partial charge >= 0.3 is 0 Å². The van der Waals surface area contributed by atoms with Gasteiger partial charge in [0.15, 0.2) is 5.65 Å². The van der Waals surface area contributed by atoms with Crippen molar-refractivity contribution in [2.75, 3.05) is 10.6 Å². The third-order valence-corrected chi connectivity index (χ3v) is 5.92. The van der Waals surface area contributed by atoms with Crippen molar-refractivity contribution in [3.05, 3.63) is 48.7 Å². The van der Waals surface area contributed by atoms with Crippen LogP contribution in [0, 0.1) is 0 Å². The van der Waals surface area contributed by atoms with Gasteiger partial charge in [-0.3, -0.25) is 9.36 Å². The molecule has 31 heavy (non-hydrogen) atoms. The van der Waals surface area contributed by atoms with E-state index in [1.54, 1.807) is 4.68 Å². The number of rotatable bonds is 5. The van der Waals surface area contributed by atoms with Gasteiger partial charge in [-0.25, -0.2) is 4.98 Å². The van der Waals surface area contributed by atoms with Crippen LogP contribution in [0.25, 0.3) is 22.3 Å². The molecular formula is C23H27N7O. The summed E-state index contributed by atoms with van der Waals surface area (Å²) in [5, 5.41) is 27.1. The van der Waals surface area contributed by atoms with Crippen LogP contribution in [-0.2, 0) is 14.1 Å². The van der Waals surface area contributed by atoms with Crippen LogP contribution in [0.15, 0.2) is 48.7 Å². The molecule has 1 aromatic carbocycles. The number of hydrogen-bond donors (Lipinski definition) is 3. The lowest BCUT2D eigenvalue weighted by atomic mass is 9.93. The van der Waals surface area contributed by atoms with Crippen LogP contribution in [-0.4, -0.2) is 41.8 Å². The highest BCUT2D eigenvalue weighted by molar-refractivity contribution is 5.91. The Kier molecular flexibility index (Phi) is 5.07. The molecule has 5 rings (SSSR count). The summed E-state index contributed by atoms with van der Waals surface area (Å²) in [6.07, 6.45) is 5.32. The van der Waals surface area contributed by atoms with Crippen molar-refractivity contribution < 1.29 is 5.11 Å². The zero-order chi connectivity index (χ0) is 21.4. The summed E-state index contributed by atoms with van der Waals surface area (Å²) >= 11 is 0. The molecule has 0 amide bonds. The van der Waals surface area contributed by atoms with Gasteiger partial charge in [-0.15, -0.1) is 0 Å². The van der Waals surface area contributed by atoms with Crippen LogP contribution in [0.2, 0.25) is 0 Å². The number of aryl methyl sites for hydroxylation is 2. The Hall–Kier alpha value is -3.39. The Morgan fingerprint density at radius 3 is 2.71 bits per heavy atom. The standard InChI is InChI=1S/C23H27N7O/c1-29-22(13-19(28-29)15-7-4-3-5-8-15)26-21-12-20(18-14-24-30(2)23(18)27-21)25-16-9-6-10-17(31)11-16/h3-5,7-8,12-14,16-17,31H,6,9-11H2,1-2H3,(H2,25,26,27).